The Kier molecular flexibility index (Phi) is 4.27. The average Bonchev–Trinajstić information content (AvgIpc) is 3.32. The number of aryl methyl sites for hydroxylation is 1. The van der Waals surface area contributed by atoms with Crippen molar-refractivity contribution in [3.8, 4) is 34.4 Å². The van der Waals surface area contributed by atoms with E-state index in [1.165, 1.54) is 12.3 Å². The molecule has 0 aliphatic carbocycles. The van der Waals surface area contributed by atoms with Crippen LogP contribution in [0.3, 0.4) is 0 Å². The summed E-state index contributed by atoms with van der Waals surface area (Å²) in [4.78, 5) is 8.87. The van der Waals surface area contributed by atoms with Gasteiger partial charge in [0.15, 0.2) is 11.6 Å². The minimum atomic E-state index is -0.343. The van der Waals surface area contributed by atoms with Crippen molar-refractivity contribution in [1.29, 1.82) is 0 Å². The second-order valence-corrected chi connectivity index (χ2v) is 6.58. The smallest absolute Gasteiger partial charge is 0.245 e. The molecule has 1 aromatic carbocycles. The summed E-state index contributed by atoms with van der Waals surface area (Å²) in [5, 5.41) is 8.14. The monoisotopic (exact) mass is 363 g/mol. The first-order chi connectivity index (χ1) is 13.0. The molecule has 0 bridgehead atoms. The van der Waals surface area contributed by atoms with Gasteiger partial charge in [-0.3, -0.25) is 0 Å². The van der Waals surface area contributed by atoms with Gasteiger partial charge in [0.1, 0.15) is 23.5 Å². The maximum Gasteiger partial charge on any atom is 0.245 e. The van der Waals surface area contributed by atoms with Crippen LogP contribution in [0.15, 0.2) is 53.3 Å². The van der Waals surface area contributed by atoms with E-state index in [9.17, 15) is 4.39 Å². The number of hydrogen-bond donors (Lipinski definition) is 0. The quantitative estimate of drug-likeness (QED) is 0.526. The van der Waals surface area contributed by atoms with E-state index >= 15 is 0 Å². The second kappa shape index (κ2) is 6.75. The molecule has 0 radical (unpaired) electrons. The molecule has 0 amide bonds. The molecule has 4 rings (SSSR count). The molecular formula is C20H18FN5O. The van der Waals surface area contributed by atoms with Crippen molar-refractivity contribution in [2.24, 2.45) is 0 Å². The molecule has 136 valence electrons. The maximum atomic E-state index is 14.2. The molecule has 0 saturated carbocycles. The van der Waals surface area contributed by atoms with Crippen molar-refractivity contribution < 1.29 is 8.81 Å². The van der Waals surface area contributed by atoms with Crippen molar-refractivity contribution >= 4 is 0 Å². The van der Waals surface area contributed by atoms with Crippen molar-refractivity contribution in [1.82, 2.24) is 24.7 Å². The van der Waals surface area contributed by atoms with E-state index in [2.05, 4.69) is 20.2 Å². The molecule has 3 aromatic heterocycles. The van der Waals surface area contributed by atoms with Crippen molar-refractivity contribution in [2.75, 3.05) is 0 Å². The number of oxazole rings is 1. The standard InChI is InChI=1S/C20H18FN5O/c1-12(2)26-11-23-25-19(26)16-5-4-6-17(24-16)20-22-10-18(27-20)14-8-7-13(3)9-15(14)21/h4-12H,1-3H3. The normalized spacial score (nSPS) is 11.3. The Morgan fingerprint density at radius 2 is 1.93 bits per heavy atom. The summed E-state index contributed by atoms with van der Waals surface area (Å²) in [7, 11) is 0. The van der Waals surface area contributed by atoms with Crippen LogP contribution in [0.4, 0.5) is 4.39 Å². The molecule has 0 aliphatic heterocycles. The molecule has 0 unspecified atom stereocenters. The summed E-state index contributed by atoms with van der Waals surface area (Å²) in [5.74, 6) is 1.01. The number of benzene rings is 1. The topological polar surface area (TPSA) is 69.6 Å². The van der Waals surface area contributed by atoms with Gasteiger partial charge in [0, 0.05) is 6.04 Å². The van der Waals surface area contributed by atoms with Crippen LogP contribution in [0.2, 0.25) is 0 Å². The van der Waals surface area contributed by atoms with E-state index < -0.39 is 0 Å². The molecule has 4 aromatic rings. The molecule has 0 aliphatic rings. The number of aromatic nitrogens is 5. The SMILES string of the molecule is Cc1ccc(-c2cnc(-c3cccc(-c4nncn4C(C)C)n3)o2)c(F)c1. The fraction of sp³-hybridized carbons (Fsp3) is 0.200. The molecule has 6 nitrogen and oxygen atoms in total. The van der Waals surface area contributed by atoms with Gasteiger partial charge in [-0.2, -0.15) is 0 Å². The predicted molar refractivity (Wildman–Crippen MR) is 99.3 cm³/mol. The molecule has 0 atom stereocenters. The van der Waals surface area contributed by atoms with Crippen LogP contribution in [0.5, 0.6) is 0 Å². The van der Waals surface area contributed by atoms with E-state index in [-0.39, 0.29) is 11.9 Å². The van der Waals surface area contributed by atoms with Gasteiger partial charge in [-0.1, -0.05) is 12.1 Å². The fourth-order valence-corrected chi connectivity index (χ4v) is 2.82. The lowest BCUT2D eigenvalue weighted by atomic mass is 10.1. The molecule has 3 heterocycles. The molecule has 0 saturated heterocycles. The minimum Gasteiger partial charge on any atom is -0.435 e. The Bertz CT molecular complexity index is 1100. The highest BCUT2D eigenvalue weighted by Crippen LogP contribution is 2.28. The molecule has 7 heteroatoms. The summed E-state index contributed by atoms with van der Waals surface area (Å²) < 4.78 is 21.9. The molecule has 0 spiro atoms. The Morgan fingerprint density at radius 3 is 2.70 bits per heavy atom. The zero-order valence-electron chi connectivity index (χ0n) is 15.2. The summed E-state index contributed by atoms with van der Waals surface area (Å²) in [6.07, 6.45) is 3.19. The Balaban J connectivity index is 1.71. The second-order valence-electron chi connectivity index (χ2n) is 6.58. The molecular weight excluding hydrogens is 345 g/mol. The molecule has 0 N–H and O–H groups in total. The summed E-state index contributed by atoms with van der Waals surface area (Å²) >= 11 is 0. The zero-order valence-corrected chi connectivity index (χ0v) is 15.2. The van der Waals surface area contributed by atoms with E-state index in [1.54, 1.807) is 18.5 Å². The highest BCUT2D eigenvalue weighted by Gasteiger charge is 2.16. The summed E-state index contributed by atoms with van der Waals surface area (Å²) in [6, 6.07) is 10.7. The highest BCUT2D eigenvalue weighted by molar-refractivity contribution is 5.62. The average molecular weight is 363 g/mol. The van der Waals surface area contributed by atoms with Gasteiger partial charge in [-0.25, -0.2) is 14.4 Å². The third-order valence-corrected chi connectivity index (χ3v) is 4.22. The first kappa shape index (κ1) is 17.1. The lowest BCUT2D eigenvalue weighted by molar-refractivity contribution is 0.573. The third-order valence-electron chi connectivity index (χ3n) is 4.22. The Labute approximate surface area is 155 Å². The van der Waals surface area contributed by atoms with Crippen LogP contribution in [0, 0.1) is 12.7 Å². The van der Waals surface area contributed by atoms with Gasteiger partial charge in [-0.15, -0.1) is 10.2 Å². The van der Waals surface area contributed by atoms with Gasteiger partial charge >= 0.3 is 0 Å². The lowest BCUT2D eigenvalue weighted by Crippen LogP contribution is -2.03. The van der Waals surface area contributed by atoms with E-state index in [0.29, 0.717) is 34.4 Å². The minimum absolute atomic E-state index is 0.207. The molecule has 0 fully saturated rings. The molecule has 27 heavy (non-hydrogen) atoms. The Hall–Kier alpha value is -3.35. The van der Waals surface area contributed by atoms with E-state index in [4.69, 9.17) is 4.42 Å². The number of halogens is 1. The van der Waals surface area contributed by atoms with Crippen LogP contribution in [0.25, 0.3) is 34.4 Å². The van der Waals surface area contributed by atoms with Gasteiger partial charge < -0.3 is 8.98 Å². The van der Waals surface area contributed by atoms with Crippen molar-refractivity contribution in [2.45, 2.75) is 26.8 Å². The van der Waals surface area contributed by atoms with Gasteiger partial charge in [0.05, 0.1) is 11.8 Å². The first-order valence-corrected chi connectivity index (χ1v) is 8.62. The number of pyridine rings is 1. The maximum absolute atomic E-state index is 14.2. The van der Waals surface area contributed by atoms with Gasteiger partial charge in [0.2, 0.25) is 5.89 Å². The Morgan fingerprint density at radius 1 is 1.11 bits per heavy atom. The first-order valence-electron chi connectivity index (χ1n) is 8.62. The fourth-order valence-electron chi connectivity index (χ4n) is 2.82. The number of nitrogens with zero attached hydrogens (tertiary/aromatic N) is 5. The van der Waals surface area contributed by atoms with Gasteiger partial charge in [-0.05, 0) is 50.6 Å². The lowest BCUT2D eigenvalue weighted by Gasteiger charge is -2.09. The number of hydrogen-bond acceptors (Lipinski definition) is 5. The van der Waals surface area contributed by atoms with Crippen LogP contribution >= 0.6 is 0 Å². The highest BCUT2D eigenvalue weighted by atomic mass is 19.1. The zero-order chi connectivity index (χ0) is 19.0. The predicted octanol–water partition coefficient (Wildman–Crippen LogP) is 4.69. The summed E-state index contributed by atoms with van der Waals surface area (Å²) in [5.41, 5.74) is 2.43. The van der Waals surface area contributed by atoms with E-state index in [1.807, 2.05) is 43.5 Å². The third kappa shape index (κ3) is 3.23. The van der Waals surface area contributed by atoms with Gasteiger partial charge in [0.25, 0.3) is 0 Å². The van der Waals surface area contributed by atoms with Crippen LogP contribution in [-0.4, -0.2) is 24.7 Å². The van der Waals surface area contributed by atoms with Crippen LogP contribution in [-0.2, 0) is 0 Å². The summed E-state index contributed by atoms with van der Waals surface area (Å²) in [6.45, 7) is 5.93. The van der Waals surface area contributed by atoms with Crippen molar-refractivity contribution in [3.05, 3.63) is 60.3 Å². The van der Waals surface area contributed by atoms with E-state index in [0.717, 1.165) is 5.56 Å². The van der Waals surface area contributed by atoms with Crippen molar-refractivity contribution in [3.63, 3.8) is 0 Å². The largest absolute Gasteiger partial charge is 0.435 e. The van der Waals surface area contributed by atoms with Crippen LogP contribution < -0.4 is 0 Å². The number of rotatable bonds is 4. The van der Waals surface area contributed by atoms with Crippen LogP contribution in [0.1, 0.15) is 25.5 Å².